The minimum atomic E-state index is 0.0378. The molecule has 0 aliphatic carbocycles. The third-order valence-corrected chi connectivity index (χ3v) is 4.38. The molecule has 1 aliphatic heterocycles. The van der Waals surface area contributed by atoms with Crippen LogP contribution in [0.4, 0.5) is 0 Å². The van der Waals surface area contributed by atoms with E-state index in [9.17, 15) is 4.79 Å². The van der Waals surface area contributed by atoms with Gasteiger partial charge in [0.1, 0.15) is 5.75 Å². The summed E-state index contributed by atoms with van der Waals surface area (Å²) < 4.78 is 5.26. The van der Waals surface area contributed by atoms with Crippen molar-refractivity contribution in [2.45, 2.75) is 25.6 Å². The number of likely N-dealkylation sites (tertiary alicyclic amines) is 1. The Morgan fingerprint density at radius 1 is 1.47 bits per heavy atom. The highest BCUT2D eigenvalue weighted by atomic mass is 35.5. The van der Waals surface area contributed by atoms with Crippen molar-refractivity contribution < 1.29 is 9.53 Å². The summed E-state index contributed by atoms with van der Waals surface area (Å²) in [5.74, 6) is 1.26. The third kappa shape index (κ3) is 3.03. The molecule has 104 valence electrons. The molecule has 2 unspecified atom stereocenters. The molecule has 0 spiro atoms. The van der Waals surface area contributed by atoms with E-state index in [1.165, 1.54) is 0 Å². The number of benzene rings is 1. The van der Waals surface area contributed by atoms with Crippen LogP contribution in [0.25, 0.3) is 0 Å². The van der Waals surface area contributed by atoms with Gasteiger partial charge in [0.2, 0.25) is 0 Å². The first kappa shape index (κ1) is 14.2. The van der Waals surface area contributed by atoms with Gasteiger partial charge >= 0.3 is 0 Å². The Bertz CT molecular complexity index is 475. The van der Waals surface area contributed by atoms with Gasteiger partial charge in [0.15, 0.2) is 0 Å². The molecule has 0 N–H and O–H groups in total. The Kier molecular flexibility index (Phi) is 4.35. The summed E-state index contributed by atoms with van der Waals surface area (Å²) in [4.78, 5) is 14.3. The van der Waals surface area contributed by atoms with Crippen LogP contribution in [0, 0.1) is 12.8 Å². The van der Waals surface area contributed by atoms with Crippen LogP contribution in [-0.4, -0.2) is 36.4 Å². The molecule has 0 saturated carbocycles. The number of halogens is 1. The Morgan fingerprint density at radius 2 is 2.21 bits per heavy atom. The molecule has 1 aromatic carbocycles. The van der Waals surface area contributed by atoms with Crippen molar-refractivity contribution in [1.82, 2.24) is 4.90 Å². The van der Waals surface area contributed by atoms with Crippen LogP contribution in [0.2, 0.25) is 0 Å². The van der Waals surface area contributed by atoms with Crippen LogP contribution in [0.5, 0.6) is 5.75 Å². The molecule has 0 radical (unpaired) electrons. The van der Waals surface area contributed by atoms with Crippen molar-refractivity contribution >= 4 is 17.5 Å². The number of nitrogens with zero attached hydrogens (tertiary/aromatic N) is 1. The van der Waals surface area contributed by atoms with Crippen LogP contribution in [0.15, 0.2) is 18.2 Å². The fourth-order valence-corrected chi connectivity index (χ4v) is 2.63. The monoisotopic (exact) mass is 281 g/mol. The first-order chi connectivity index (χ1) is 9.02. The molecule has 19 heavy (non-hydrogen) atoms. The molecule has 2 rings (SSSR count). The van der Waals surface area contributed by atoms with E-state index in [4.69, 9.17) is 16.3 Å². The van der Waals surface area contributed by atoms with E-state index < -0.39 is 0 Å². The highest BCUT2D eigenvalue weighted by molar-refractivity contribution is 6.21. The summed E-state index contributed by atoms with van der Waals surface area (Å²) in [6, 6.07) is 5.57. The number of ether oxygens (including phenoxy) is 1. The molecule has 1 heterocycles. The van der Waals surface area contributed by atoms with E-state index in [0.717, 1.165) is 24.3 Å². The first-order valence-electron chi connectivity index (χ1n) is 6.61. The van der Waals surface area contributed by atoms with Crippen LogP contribution >= 0.6 is 11.6 Å². The van der Waals surface area contributed by atoms with Gasteiger partial charge in [0, 0.05) is 18.7 Å². The van der Waals surface area contributed by atoms with Gasteiger partial charge in [-0.1, -0.05) is 13.0 Å². The molecule has 0 bridgehead atoms. The Morgan fingerprint density at radius 3 is 2.84 bits per heavy atom. The molecule has 1 fully saturated rings. The number of methoxy groups -OCH3 is 1. The summed E-state index contributed by atoms with van der Waals surface area (Å²) in [7, 11) is 1.62. The quantitative estimate of drug-likeness (QED) is 0.780. The highest BCUT2D eigenvalue weighted by Crippen LogP contribution is 2.25. The number of amides is 1. The zero-order valence-corrected chi connectivity index (χ0v) is 12.4. The van der Waals surface area contributed by atoms with Crippen LogP contribution in [0.1, 0.15) is 29.3 Å². The molecular weight excluding hydrogens is 262 g/mol. The molecule has 3 nitrogen and oxygen atoms in total. The average molecular weight is 282 g/mol. The van der Waals surface area contributed by atoms with Crippen molar-refractivity contribution in [3.8, 4) is 5.75 Å². The summed E-state index contributed by atoms with van der Waals surface area (Å²) in [6.45, 7) is 5.50. The number of carbonyl (C=O) groups excluding carboxylic acids is 1. The topological polar surface area (TPSA) is 29.5 Å². The Labute approximate surface area is 119 Å². The largest absolute Gasteiger partial charge is 0.496 e. The zero-order chi connectivity index (χ0) is 14.0. The number of piperidine rings is 1. The number of hydrogen-bond donors (Lipinski definition) is 0. The summed E-state index contributed by atoms with van der Waals surface area (Å²) >= 11 is 6.26. The van der Waals surface area contributed by atoms with E-state index in [-0.39, 0.29) is 11.3 Å². The second-order valence-corrected chi connectivity index (χ2v) is 5.78. The minimum absolute atomic E-state index is 0.0378. The first-order valence-corrected chi connectivity index (χ1v) is 7.04. The third-order valence-electron chi connectivity index (χ3n) is 3.81. The van der Waals surface area contributed by atoms with Gasteiger partial charge in [0.05, 0.1) is 12.5 Å². The lowest BCUT2D eigenvalue weighted by Crippen LogP contribution is -2.43. The second-order valence-electron chi connectivity index (χ2n) is 5.22. The molecular formula is C15H20ClNO2. The second kappa shape index (κ2) is 5.83. The molecule has 1 aromatic rings. The molecule has 2 atom stereocenters. The molecule has 1 saturated heterocycles. The smallest absolute Gasteiger partial charge is 0.254 e. The van der Waals surface area contributed by atoms with E-state index in [1.807, 2.05) is 24.0 Å². The summed E-state index contributed by atoms with van der Waals surface area (Å²) in [5.41, 5.74) is 1.70. The SMILES string of the molecule is COc1cc(C(=O)N2CCC(C)C(Cl)C2)ccc1C. The number of rotatable bonds is 2. The zero-order valence-electron chi connectivity index (χ0n) is 11.6. The predicted octanol–water partition coefficient (Wildman–Crippen LogP) is 3.09. The molecule has 4 heteroatoms. The van der Waals surface area contributed by atoms with Gasteiger partial charge in [-0.25, -0.2) is 0 Å². The maximum absolute atomic E-state index is 12.4. The van der Waals surface area contributed by atoms with Crippen molar-refractivity contribution in [2.24, 2.45) is 5.92 Å². The maximum atomic E-state index is 12.4. The van der Waals surface area contributed by atoms with Crippen molar-refractivity contribution in [2.75, 3.05) is 20.2 Å². The van der Waals surface area contributed by atoms with Crippen LogP contribution in [-0.2, 0) is 0 Å². The maximum Gasteiger partial charge on any atom is 0.254 e. The van der Waals surface area contributed by atoms with Gasteiger partial charge < -0.3 is 9.64 Å². The van der Waals surface area contributed by atoms with Gasteiger partial charge in [-0.2, -0.15) is 0 Å². The van der Waals surface area contributed by atoms with Crippen molar-refractivity contribution in [1.29, 1.82) is 0 Å². The standard InChI is InChI=1S/C15H20ClNO2/c1-10-6-7-17(9-13(10)16)15(18)12-5-4-11(2)14(8-12)19-3/h4-5,8,10,13H,6-7,9H2,1-3H3. The van der Waals surface area contributed by atoms with Crippen molar-refractivity contribution in [3.63, 3.8) is 0 Å². The predicted molar refractivity (Wildman–Crippen MR) is 77.1 cm³/mol. The van der Waals surface area contributed by atoms with E-state index in [1.54, 1.807) is 13.2 Å². The van der Waals surface area contributed by atoms with E-state index in [2.05, 4.69) is 6.92 Å². The number of alkyl halides is 1. The average Bonchev–Trinajstić information content (AvgIpc) is 2.41. The van der Waals surface area contributed by atoms with Crippen LogP contribution in [0.3, 0.4) is 0 Å². The lowest BCUT2D eigenvalue weighted by molar-refractivity contribution is 0.0701. The Hall–Kier alpha value is -1.22. The summed E-state index contributed by atoms with van der Waals surface area (Å²) in [5, 5.41) is 0.0463. The highest BCUT2D eigenvalue weighted by Gasteiger charge is 2.28. The Balaban J connectivity index is 2.15. The number of aryl methyl sites for hydroxylation is 1. The summed E-state index contributed by atoms with van der Waals surface area (Å²) in [6.07, 6.45) is 0.961. The lowest BCUT2D eigenvalue weighted by atomic mass is 9.98. The minimum Gasteiger partial charge on any atom is -0.496 e. The van der Waals surface area contributed by atoms with E-state index in [0.29, 0.717) is 18.0 Å². The molecule has 0 aromatic heterocycles. The fourth-order valence-electron chi connectivity index (χ4n) is 2.34. The molecule has 1 amide bonds. The van der Waals surface area contributed by atoms with Gasteiger partial charge in [-0.05, 0) is 37.0 Å². The van der Waals surface area contributed by atoms with Crippen LogP contribution < -0.4 is 4.74 Å². The van der Waals surface area contributed by atoms with Crippen molar-refractivity contribution in [3.05, 3.63) is 29.3 Å². The van der Waals surface area contributed by atoms with Gasteiger partial charge in [-0.15, -0.1) is 11.6 Å². The van der Waals surface area contributed by atoms with E-state index >= 15 is 0 Å². The molecule has 1 aliphatic rings. The number of hydrogen-bond acceptors (Lipinski definition) is 2. The van der Waals surface area contributed by atoms with Gasteiger partial charge in [-0.3, -0.25) is 4.79 Å². The normalized spacial score (nSPS) is 23.3. The fraction of sp³-hybridized carbons (Fsp3) is 0.533. The number of carbonyl (C=O) groups is 1. The van der Waals surface area contributed by atoms with Gasteiger partial charge in [0.25, 0.3) is 5.91 Å². The lowest BCUT2D eigenvalue weighted by Gasteiger charge is -2.34.